The Kier molecular flexibility index (Phi) is 5.66. The molecule has 1 heterocycles. The smallest absolute Gasteiger partial charge is 0.373 e. The molecule has 1 aliphatic heterocycles. The number of aryl methyl sites for hydroxylation is 1. The van der Waals surface area contributed by atoms with Gasteiger partial charge in [0.25, 0.3) is 0 Å². The third-order valence-corrected chi connectivity index (χ3v) is 5.80. The van der Waals surface area contributed by atoms with E-state index in [1.165, 1.54) is 23.9 Å². The molecule has 0 aliphatic carbocycles. The number of rotatable bonds is 3. The van der Waals surface area contributed by atoms with Gasteiger partial charge in [0.1, 0.15) is 0 Å². The summed E-state index contributed by atoms with van der Waals surface area (Å²) in [6.07, 6.45) is -2.77. The van der Waals surface area contributed by atoms with E-state index in [0.717, 1.165) is 30.0 Å². The van der Waals surface area contributed by atoms with E-state index >= 15 is 0 Å². The zero-order valence-electron chi connectivity index (χ0n) is 13.6. The van der Waals surface area contributed by atoms with Crippen LogP contribution in [-0.2, 0) is 10.9 Å². The molecule has 1 saturated heterocycles. The summed E-state index contributed by atoms with van der Waals surface area (Å²) >= 11 is 7.50. The van der Waals surface area contributed by atoms with Gasteiger partial charge in [0.05, 0.1) is 11.7 Å². The molecule has 3 rings (SSSR count). The van der Waals surface area contributed by atoms with Crippen LogP contribution in [0.25, 0.3) is 0 Å². The van der Waals surface area contributed by atoms with Crippen molar-refractivity contribution in [2.24, 2.45) is 0 Å². The number of hydrogen-bond donors (Lipinski definition) is 0. The number of benzene rings is 2. The number of ether oxygens (including phenoxy) is 1. The van der Waals surface area contributed by atoms with Gasteiger partial charge in [-0.25, -0.2) is 0 Å². The van der Waals surface area contributed by atoms with Gasteiger partial charge in [0, 0.05) is 21.8 Å². The Bertz CT molecular complexity index is 748. The van der Waals surface area contributed by atoms with Gasteiger partial charge in [-0.2, -0.15) is 13.2 Å². The van der Waals surface area contributed by atoms with E-state index in [4.69, 9.17) is 16.3 Å². The van der Waals surface area contributed by atoms with Crippen LogP contribution < -0.4 is 0 Å². The third-order valence-electron chi connectivity index (χ3n) is 4.28. The summed E-state index contributed by atoms with van der Waals surface area (Å²) in [5.74, 6) is 0. The zero-order chi connectivity index (χ0) is 18.0. The monoisotopic (exact) mass is 386 g/mol. The van der Waals surface area contributed by atoms with Crippen molar-refractivity contribution in [2.75, 3.05) is 6.61 Å². The van der Waals surface area contributed by atoms with Crippen molar-refractivity contribution in [1.82, 2.24) is 0 Å². The summed E-state index contributed by atoms with van der Waals surface area (Å²) in [5, 5.41) is 0.907. The van der Waals surface area contributed by atoms with E-state index in [-0.39, 0.29) is 11.4 Å². The zero-order valence-corrected chi connectivity index (χ0v) is 15.2. The molecule has 134 valence electrons. The van der Waals surface area contributed by atoms with Crippen LogP contribution in [0.3, 0.4) is 0 Å². The highest BCUT2D eigenvalue weighted by atomic mass is 35.5. The second-order valence-corrected chi connectivity index (χ2v) is 7.96. The first-order valence-electron chi connectivity index (χ1n) is 8.04. The fraction of sp³-hybridized carbons (Fsp3) is 0.368. The van der Waals surface area contributed by atoms with E-state index in [1.54, 1.807) is 6.07 Å². The van der Waals surface area contributed by atoms with Crippen molar-refractivity contribution < 1.29 is 17.9 Å². The molecule has 0 radical (unpaired) electrons. The molecule has 2 aromatic carbocycles. The molecule has 0 bridgehead atoms. The summed E-state index contributed by atoms with van der Waals surface area (Å²) in [6, 6.07) is 11.3. The lowest BCUT2D eigenvalue weighted by Crippen LogP contribution is -2.22. The predicted octanol–water partition coefficient (Wildman–Crippen LogP) is 6.68. The minimum absolute atomic E-state index is 0.0469. The predicted molar refractivity (Wildman–Crippen MR) is 95.2 cm³/mol. The highest BCUT2D eigenvalue weighted by Gasteiger charge is 2.31. The van der Waals surface area contributed by atoms with Crippen LogP contribution >= 0.6 is 23.4 Å². The topological polar surface area (TPSA) is 9.23 Å². The Labute approximate surface area is 154 Å². The van der Waals surface area contributed by atoms with Gasteiger partial charge in [-0.05, 0) is 61.2 Å². The maximum Gasteiger partial charge on any atom is 0.416 e. The third kappa shape index (κ3) is 4.72. The van der Waals surface area contributed by atoms with Gasteiger partial charge >= 0.3 is 6.18 Å². The largest absolute Gasteiger partial charge is 0.416 e. The van der Waals surface area contributed by atoms with E-state index in [2.05, 4.69) is 0 Å². The van der Waals surface area contributed by atoms with E-state index in [1.807, 2.05) is 25.1 Å². The normalized spacial score (nSPS) is 21.3. The molecule has 0 amide bonds. The van der Waals surface area contributed by atoms with Crippen LogP contribution in [0, 0.1) is 6.92 Å². The van der Waals surface area contributed by atoms with Crippen LogP contribution in [0.1, 0.15) is 35.6 Å². The summed E-state index contributed by atoms with van der Waals surface area (Å²) < 4.78 is 44.5. The van der Waals surface area contributed by atoms with Crippen LogP contribution in [0.5, 0.6) is 0 Å². The van der Waals surface area contributed by atoms with Gasteiger partial charge in [0.2, 0.25) is 0 Å². The van der Waals surface area contributed by atoms with Crippen molar-refractivity contribution >= 4 is 23.4 Å². The average Bonchev–Trinajstić information content (AvgIpc) is 2.54. The summed E-state index contributed by atoms with van der Waals surface area (Å²) in [5.41, 5.74) is 1.57. The number of hydrogen-bond acceptors (Lipinski definition) is 2. The molecule has 2 unspecified atom stereocenters. The lowest BCUT2D eigenvalue weighted by atomic mass is 9.97. The van der Waals surface area contributed by atoms with Gasteiger partial charge in [-0.15, -0.1) is 11.8 Å². The Morgan fingerprint density at radius 3 is 2.68 bits per heavy atom. The Balaban J connectivity index is 1.72. The molecule has 25 heavy (non-hydrogen) atoms. The average molecular weight is 387 g/mol. The maximum absolute atomic E-state index is 12.9. The SMILES string of the molecule is Cc1cc(Cl)ccc1C1CC(Sc2cccc(C(F)(F)F)c2)CCO1. The molecule has 0 N–H and O–H groups in total. The van der Waals surface area contributed by atoms with Gasteiger partial charge in [-0.3, -0.25) is 0 Å². The van der Waals surface area contributed by atoms with Crippen molar-refractivity contribution in [1.29, 1.82) is 0 Å². The van der Waals surface area contributed by atoms with E-state index < -0.39 is 11.7 Å². The summed E-state index contributed by atoms with van der Waals surface area (Å²) in [7, 11) is 0. The fourth-order valence-corrected chi connectivity index (χ4v) is 4.48. The second kappa shape index (κ2) is 7.60. The van der Waals surface area contributed by atoms with Gasteiger partial charge in [-0.1, -0.05) is 23.7 Å². The standard InChI is InChI=1S/C19H18ClF3OS/c1-12-9-14(20)5-6-17(12)18-11-16(7-8-24-18)25-15-4-2-3-13(10-15)19(21,22)23/h2-6,9-10,16,18H,7-8,11H2,1H3. The van der Waals surface area contributed by atoms with Gasteiger partial charge < -0.3 is 4.74 Å². The van der Waals surface area contributed by atoms with E-state index in [9.17, 15) is 13.2 Å². The fourth-order valence-electron chi connectivity index (χ4n) is 3.03. The Morgan fingerprint density at radius 2 is 1.96 bits per heavy atom. The molecule has 2 atom stereocenters. The van der Waals surface area contributed by atoms with Crippen molar-refractivity contribution in [2.45, 2.75) is 42.2 Å². The van der Waals surface area contributed by atoms with Crippen LogP contribution in [-0.4, -0.2) is 11.9 Å². The lowest BCUT2D eigenvalue weighted by Gasteiger charge is -2.30. The first kappa shape index (κ1) is 18.6. The summed E-state index contributed by atoms with van der Waals surface area (Å²) in [4.78, 5) is 0.647. The highest BCUT2D eigenvalue weighted by Crippen LogP contribution is 2.40. The Morgan fingerprint density at radius 1 is 1.16 bits per heavy atom. The molecule has 0 saturated carbocycles. The van der Waals surface area contributed by atoms with Crippen LogP contribution in [0.15, 0.2) is 47.4 Å². The number of thioether (sulfide) groups is 1. The number of halogens is 4. The number of alkyl halides is 3. The molecular formula is C19H18ClF3OS. The van der Waals surface area contributed by atoms with Crippen LogP contribution in [0.4, 0.5) is 13.2 Å². The molecule has 6 heteroatoms. The molecule has 0 spiro atoms. The molecule has 1 fully saturated rings. The molecule has 2 aromatic rings. The molecular weight excluding hydrogens is 369 g/mol. The minimum atomic E-state index is -4.31. The van der Waals surface area contributed by atoms with Gasteiger partial charge in [0.15, 0.2) is 0 Å². The lowest BCUT2D eigenvalue weighted by molar-refractivity contribution is -0.137. The van der Waals surface area contributed by atoms with Crippen molar-refractivity contribution in [3.8, 4) is 0 Å². The Hall–Kier alpha value is -1.17. The first-order chi connectivity index (χ1) is 11.8. The highest BCUT2D eigenvalue weighted by molar-refractivity contribution is 8.00. The maximum atomic E-state index is 12.9. The minimum Gasteiger partial charge on any atom is -0.373 e. The first-order valence-corrected chi connectivity index (χ1v) is 9.30. The van der Waals surface area contributed by atoms with Crippen molar-refractivity contribution in [3.63, 3.8) is 0 Å². The molecule has 0 aromatic heterocycles. The van der Waals surface area contributed by atoms with Crippen LogP contribution in [0.2, 0.25) is 5.02 Å². The van der Waals surface area contributed by atoms with Crippen molar-refractivity contribution in [3.05, 3.63) is 64.2 Å². The molecule has 1 nitrogen and oxygen atoms in total. The quantitative estimate of drug-likeness (QED) is 0.581. The second-order valence-electron chi connectivity index (χ2n) is 6.15. The van der Waals surface area contributed by atoms with E-state index in [0.29, 0.717) is 16.5 Å². The molecule has 1 aliphatic rings. The summed E-state index contributed by atoms with van der Waals surface area (Å²) in [6.45, 7) is 2.59.